The van der Waals surface area contributed by atoms with E-state index in [-0.39, 0.29) is 24.2 Å². The molecule has 3 rings (SSSR count). The highest BCUT2D eigenvalue weighted by Gasteiger charge is 2.34. The van der Waals surface area contributed by atoms with Crippen LogP contribution in [0.1, 0.15) is 37.1 Å². The number of aliphatic hydroxyl groups excluding tert-OH is 1. The molecule has 1 fully saturated rings. The number of carbonyl (C=O) groups is 1. The van der Waals surface area contributed by atoms with E-state index in [0.29, 0.717) is 0 Å². The molecule has 0 spiro atoms. The summed E-state index contributed by atoms with van der Waals surface area (Å²) in [5.74, 6) is 0. The normalized spacial score (nSPS) is 21.4. The van der Waals surface area contributed by atoms with E-state index in [1.54, 1.807) is 4.90 Å². The molecule has 0 aliphatic carbocycles. The van der Waals surface area contributed by atoms with E-state index in [1.807, 2.05) is 81.7 Å². The van der Waals surface area contributed by atoms with Gasteiger partial charge in [0.15, 0.2) is 0 Å². The van der Waals surface area contributed by atoms with Gasteiger partial charge >= 0.3 is 6.03 Å². The van der Waals surface area contributed by atoms with Gasteiger partial charge in [0.25, 0.3) is 0 Å². The van der Waals surface area contributed by atoms with E-state index in [0.717, 1.165) is 11.1 Å². The molecular weight excluding hydrogens is 326 g/mol. The monoisotopic (exact) mass is 355 g/mol. The summed E-state index contributed by atoms with van der Waals surface area (Å²) in [5, 5.41) is 15.7. The molecule has 1 aliphatic rings. The summed E-state index contributed by atoms with van der Waals surface area (Å²) in [6, 6.07) is 20.1. The Balaban J connectivity index is 0.000000190. The molecule has 1 aliphatic heterocycles. The Hall–Kier alpha value is -2.37. The number of nitrogens with one attached hydrogen (secondary N) is 2. The third kappa shape index (κ3) is 4.84. The number of hydrogen-bond acceptors (Lipinski definition) is 3. The van der Waals surface area contributed by atoms with Crippen LogP contribution in [0, 0.1) is 0 Å². The van der Waals surface area contributed by atoms with Gasteiger partial charge in [-0.15, -0.1) is 0 Å². The standard InChI is InChI=1S/C11H14N2O.C10H15NO/c1-8-10(12-11(14)13(8)2)9-6-4-3-5-7-9;1-8(11-2)10(12)9-6-4-3-5-7-9/h3-8,10H,1-2H3,(H,12,14);3-8,10-12H,1-2H3/t2*8-,10-/m00/s1. The average Bonchev–Trinajstić information content (AvgIpc) is 2.96. The van der Waals surface area contributed by atoms with Crippen LogP contribution in [0.5, 0.6) is 0 Å². The minimum Gasteiger partial charge on any atom is -0.387 e. The third-order valence-corrected chi connectivity index (χ3v) is 4.92. The topological polar surface area (TPSA) is 64.6 Å². The van der Waals surface area contributed by atoms with Gasteiger partial charge in [0, 0.05) is 13.1 Å². The summed E-state index contributed by atoms with van der Waals surface area (Å²) in [5.41, 5.74) is 2.12. The Bertz CT molecular complexity index is 678. The second-order valence-electron chi connectivity index (χ2n) is 6.62. The number of hydrogen-bond donors (Lipinski definition) is 3. The van der Waals surface area contributed by atoms with Crippen molar-refractivity contribution in [1.82, 2.24) is 15.5 Å². The highest BCUT2D eigenvalue weighted by Crippen LogP contribution is 2.25. The first-order valence-electron chi connectivity index (χ1n) is 8.94. The molecule has 26 heavy (non-hydrogen) atoms. The van der Waals surface area contributed by atoms with Gasteiger partial charge in [-0.3, -0.25) is 0 Å². The maximum atomic E-state index is 11.4. The zero-order chi connectivity index (χ0) is 19.1. The van der Waals surface area contributed by atoms with Gasteiger partial charge in [-0.2, -0.15) is 0 Å². The van der Waals surface area contributed by atoms with Gasteiger partial charge in [0.05, 0.1) is 18.2 Å². The molecule has 1 heterocycles. The number of carbonyl (C=O) groups excluding carboxylic acids is 1. The SMILES string of the molecule is CN[C@@H](C)[C@H](O)c1ccccc1.C[C@H]1[C@@H](c2ccccc2)NC(=O)N1C. The summed E-state index contributed by atoms with van der Waals surface area (Å²) in [4.78, 5) is 13.1. The lowest BCUT2D eigenvalue weighted by Gasteiger charge is -2.18. The molecule has 0 unspecified atom stereocenters. The second kappa shape index (κ2) is 9.36. The molecule has 4 atom stereocenters. The van der Waals surface area contributed by atoms with Crippen LogP contribution >= 0.6 is 0 Å². The van der Waals surface area contributed by atoms with Crippen molar-refractivity contribution in [1.29, 1.82) is 0 Å². The van der Waals surface area contributed by atoms with Crippen LogP contribution in [0.25, 0.3) is 0 Å². The Morgan fingerprint density at radius 1 is 1.08 bits per heavy atom. The molecule has 5 nitrogen and oxygen atoms in total. The molecule has 140 valence electrons. The van der Waals surface area contributed by atoms with Crippen LogP contribution < -0.4 is 10.6 Å². The van der Waals surface area contributed by atoms with Gasteiger partial charge in [-0.05, 0) is 32.0 Å². The maximum absolute atomic E-state index is 11.4. The Kier molecular flexibility index (Phi) is 7.18. The molecular formula is C21H29N3O2. The molecule has 3 N–H and O–H groups in total. The molecule has 0 aromatic heterocycles. The highest BCUT2D eigenvalue weighted by molar-refractivity contribution is 5.77. The van der Waals surface area contributed by atoms with Crippen molar-refractivity contribution in [3.8, 4) is 0 Å². The van der Waals surface area contributed by atoms with Gasteiger partial charge in [-0.25, -0.2) is 4.79 Å². The largest absolute Gasteiger partial charge is 0.387 e. The summed E-state index contributed by atoms with van der Waals surface area (Å²) in [6.07, 6.45) is -0.420. The van der Waals surface area contributed by atoms with E-state index < -0.39 is 6.10 Å². The second-order valence-corrected chi connectivity index (χ2v) is 6.62. The van der Waals surface area contributed by atoms with Crippen molar-refractivity contribution in [2.45, 2.75) is 38.1 Å². The molecule has 5 heteroatoms. The summed E-state index contributed by atoms with van der Waals surface area (Å²) in [7, 11) is 3.67. The molecule has 0 radical (unpaired) electrons. The first-order chi connectivity index (χ1) is 12.5. The van der Waals surface area contributed by atoms with E-state index in [2.05, 4.69) is 17.6 Å². The van der Waals surface area contributed by atoms with Crippen molar-refractivity contribution in [3.05, 3.63) is 71.8 Å². The smallest absolute Gasteiger partial charge is 0.318 e. The lowest BCUT2D eigenvalue weighted by Crippen LogP contribution is -2.28. The van der Waals surface area contributed by atoms with Gasteiger partial charge < -0.3 is 20.6 Å². The Morgan fingerprint density at radius 3 is 2.08 bits per heavy atom. The number of amides is 2. The van der Waals surface area contributed by atoms with Crippen LogP contribution in [-0.4, -0.2) is 42.2 Å². The first kappa shape index (κ1) is 19.9. The van der Waals surface area contributed by atoms with Crippen molar-refractivity contribution < 1.29 is 9.90 Å². The quantitative estimate of drug-likeness (QED) is 0.790. The van der Waals surface area contributed by atoms with Crippen molar-refractivity contribution in [2.75, 3.05) is 14.1 Å². The zero-order valence-corrected chi connectivity index (χ0v) is 15.9. The fourth-order valence-electron chi connectivity index (χ4n) is 2.88. The number of rotatable bonds is 4. The molecule has 2 amide bonds. The first-order valence-corrected chi connectivity index (χ1v) is 8.94. The molecule has 0 bridgehead atoms. The van der Waals surface area contributed by atoms with Crippen LogP contribution in [-0.2, 0) is 0 Å². The van der Waals surface area contributed by atoms with E-state index in [1.165, 1.54) is 0 Å². The predicted octanol–water partition coefficient (Wildman–Crippen LogP) is 3.10. The zero-order valence-electron chi connectivity index (χ0n) is 15.9. The van der Waals surface area contributed by atoms with Gasteiger partial charge in [0.2, 0.25) is 0 Å². The van der Waals surface area contributed by atoms with Crippen molar-refractivity contribution in [2.24, 2.45) is 0 Å². The molecule has 2 aromatic carbocycles. The van der Waals surface area contributed by atoms with Crippen LogP contribution in [0.15, 0.2) is 60.7 Å². The summed E-state index contributed by atoms with van der Waals surface area (Å²) in [6.45, 7) is 4.01. The third-order valence-electron chi connectivity index (χ3n) is 4.92. The van der Waals surface area contributed by atoms with Crippen LogP contribution in [0.3, 0.4) is 0 Å². The summed E-state index contributed by atoms with van der Waals surface area (Å²) < 4.78 is 0. The number of likely N-dealkylation sites (N-methyl/N-ethyl adjacent to an activating group) is 2. The minimum atomic E-state index is -0.420. The van der Waals surface area contributed by atoms with E-state index in [9.17, 15) is 9.90 Å². The van der Waals surface area contributed by atoms with Crippen LogP contribution in [0.4, 0.5) is 4.79 Å². The number of urea groups is 1. The maximum Gasteiger partial charge on any atom is 0.318 e. The van der Waals surface area contributed by atoms with Crippen LogP contribution in [0.2, 0.25) is 0 Å². The lowest BCUT2D eigenvalue weighted by molar-refractivity contribution is 0.140. The summed E-state index contributed by atoms with van der Waals surface area (Å²) >= 11 is 0. The number of nitrogens with zero attached hydrogens (tertiary/aromatic N) is 1. The molecule has 2 aromatic rings. The number of benzene rings is 2. The predicted molar refractivity (Wildman–Crippen MR) is 105 cm³/mol. The van der Waals surface area contributed by atoms with Crippen molar-refractivity contribution in [3.63, 3.8) is 0 Å². The van der Waals surface area contributed by atoms with Gasteiger partial charge in [0.1, 0.15) is 0 Å². The Labute approximate surface area is 156 Å². The van der Waals surface area contributed by atoms with E-state index in [4.69, 9.17) is 0 Å². The molecule has 1 saturated heterocycles. The van der Waals surface area contributed by atoms with E-state index >= 15 is 0 Å². The average molecular weight is 355 g/mol. The number of aliphatic hydroxyl groups is 1. The van der Waals surface area contributed by atoms with Gasteiger partial charge in [-0.1, -0.05) is 60.7 Å². The Morgan fingerprint density at radius 2 is 1.62 bits per heavy atom. The fraction of sp³-hybridized carbons (Fsp3) is 0.381. The van der Waals surface area contributed by atoms with Crippen molar-refractivity contribution >= 4 is 6.03 Å². The highest BCUT2D eigenvalue weighted by atomic mass is 16.3. The molecule has 0 saturated carbocycles. The minimum absolute atomic E-state index is 0.00588. The fourth-order valence-corrected chi connectivity index (χ4v) is 2.88. The lowest BCUT2D eigenvalue weighted by atomic mass is 10.0.